The summed E-state index contributed by atoms with van der Waals surface area (Å²) >= 11 is 12.4. The maximum absolute atomic E-state index is 13.4. The molecule has 1 unspecified atom stereocenters. The molecule has 0 spiro atoms. The van der Waals surface area contributed by atoms with E-state index in [1.807, 2.05) is 30.3 Å². The molecule has 3 fully saturated rings. The van der Waals surface area contributed by atoms with Crippen molar-refractivity contribution in [3.05, 3.63) is 104 Å². The Morgan fingerprint density at radius 1 is 1.07 bits per heavy atom. The van der Waals surface area contributed by atoms with Crippen LogP contribution in [-0.4, -0.2) is 33.0 Å². The number of nitrogens with one attached hydrogen (secondary N) is 1. The molecule has 4 atom stereocenters. The highest BCUT2D eigenvalue weighted by molar-refractivity contribution is 6.35. The maximum atomic E-state index is 13.4. The van der Waals surface area contributed by atoms with Crippen LogP contribution in [0.4, 0.5) is 5.69 Å². The van der Waals surface area contributed by atoms with Gasteiger partial charge >= 0.3 is 0 Å². The molecule has 0 saturated heterocycles. The fraction of sp³-hybridized carbons (Fsp3) is 0.417. The molecule has 2 heterocycles. The van der Waals surface area contributed by atoms with Gasteiger partial charge in [0.15, 0.2) is 5.96 Å². The van der Waals surface area contributed by atoms with Crippen molar-refractivity contribution in [1.82, 2.24) is 14.5 Å². The van der Waals surface area contributed by atoms with E-state index in [-0.39, 0.29) is 5.56 Å². The summed E-state index contributed by atoms with van der Waals surface area (Å²) in [4.78, 5) is 25.9. The summed E-state index contributed by atoms with van der Waals surface area (Å²) < 4.78 is 1.65. The number of aliphatic imine (C=N–C) groups is 1. The van der Waals surface area contributed by atoms with E-state index in [1.165, 1.54) is 17.5 Å². The molecule has 0 amide bonds. The number of nitrogens with zero attached hydrogens (tertiary/aromatic N) is 4. The molecule has 8 rings (SSSR count). The van der Waals surface area contributed by atoms with Crippen molar-refractivity contribution in [3.63, 3.8) is 0 Å². The SMILES string of the molecule is C[C@@H]1C(/N=C(/Nc2ccc3c(=O)n(CCc4ccc(Cl)cc4Cl)cnc3c2)N2CCc3ccccc3C2)C[C@@H]2C[C@H]1C2(C)C. The van der Waals surface area contributed by atoms with E-state index in [9.17, 15) is 4.79 Å². The molecule has 228 valence electrons. The Balaban J connectivity index is 1.15. The van der Waals surface area contributed by atoms with Gasteiger partial charge < -0.3 is 10.2 Å². The molecule has 4 aliphatic rings. The van der Waals surface area contributed by atoms with Gasteiger partial charge in [-0.2, -0.15) is 0 Å². The summed E-state index contributed by atoms with van der Waals surface area (Å²) in [5.41, 5.74) is 5.63. The molecule has 3 aromatic carbocycles. The topological polar surface area (TPSA) is 62.5 Å². The Bertz CT molecular complexity index is 1810. The normalized spacial score (nSPS) is 24.1. The minimum Gasteiger partial charge on any atom is -0.338 e. The molecule has 2 bridgehead atoms. The molecule has 0 radical (unpaired) electrons. The first-order valence-corrected chi connectivity index (χ1v) is 16.5. The Morgan fingerprint density at radius 2 is 1.89 bits per heavy atom. The summed E-state index contributed by atoms with van der Waals surface area (Å²) in [5, 5.41) is 5.48. The van der Waals surface area contributed by atoms with E-state index >= 15 is 0 Å². The van der Waals surface area contributed by atoms with Crippen LogP contribution in [0.3, 0.4) is 0 Å². The molecule has 1 N–H and O–H groups in total. The summed E-state index contributed by atoms with van der Waals surface area (Å²) in [5.74, 6) is 2.93. The zero-order chi connectivity index (χ0) is 30.6. The van der Waals surface area contributed by atoms with Crippen LogP contribution in [0.25, 0.3) is 10.9 Å². The Hall–Kier alpha value is -3.35. The number of aromatic nitrogens is 2. The molecular formula is C36H39Cl2N5O. The van der Waals surface area contributed by atoms with Gasteiger partial charge in [0.05, 0.1) is 23.3 Å². The van der Waals surface area contributed by atoms with E-state index < -0.39 is 0 Å². The zero-order valence-corrected chi connectivity index (χ0v) is 27.1. The summed E-state index contributed by atoms with van der Waals surface area (Å²) in [6, 6.07) is 20.3. The molecule has 3 aliphatic carbocycles. The van der Waals surface area contributed by atoms with Gasteiger partial charge in [-0.1, -0.05) is 74.3 Å². The van der Waals surface area contributed by atoms with Crippen molar-refractivity contribution < 1.29 is 0 Å². The maximum Gasteiger partial charge on any atom is 0.261 e. The van der Waals surface area contributed by atoms with Crippen molar-refractivity contribution in [2.45, 2.75) is 65.6 Å². The molecule has 1 aliphatic heterocycles. The van der Waals surface area contributed by atoms with Gasteiger partial charge in [-0.05, 0) is 95.9 Å². The first-order valence-electron chi connectivity index (χ1n) is 15.8. The number of hydrogen-bond acceptors (Lipinski definition) is 3. The van der Waals surface area contributed by atoms with Gasteiger partial charge in [0.2, 0.25) is 0 Å². The average Bonchev–Trinajstić information content (AvgIpc) is 3.01. The third-order valence-corrected chi connectivity index (χ3v) is 11.3. The fourth-order valence-electron chi connectivity index (χ4n) is 7.81. The van der Waals surface area contributed by atoms with E-state index in [2.05, 4.69) is 60.2 Å². The standard InChI is InChI=1S/C36H39Cl2N5O/c1-22-30-16-26(36(30,2)3)17-32(22)41-35(42-14-12-23-6-4-5-7-25(23)20-42)40-28-10-11-29-33(19-28)39-21-43(34(29)44)15-13-24-8-9-27(37)18-31(24)38/h4-11,18-19,21-22,26,30,32H,12-17,20H2,1-3H3,(H,40,41)/t22-,26-,30+,32?/m0/s1. The number of rotatable bonds is 5. The lowest BCUT2D eigenvalue weighted by Crippen LogP contribution is -2.56. The van der Waals surface area contributed by atoms with Crippen LogP contribution < -0.4 is 10.9 Å². The third-order valence-electron chi connectivity index (χ3n) is 10.8. The lowest BCUT2D eigenvalue weighted by molar-refractivity contribution is -0.108. The second kappa shape index (κ2) is 11.5. The zero-order valence-electron chi connectivity index (χ0n) is 25.6. The summed E-state index contributed by atoms with van der Waals surface area (Å²) in [6.45, 7) is 9.49. The van der Waals surface area contributed by atoms with Gasteiger partial charge in [-0.25, -0.2) is 9.98 Å². The van der Waals surface area contributed by atoms with E-state index in [0.29, 0.717) is 51.3 Å². The van der Waals surface area contributed by atoms with E-state index in [0.717, 1.165) is 55.0 Å². The van der Waals surface area contributed by atoms with Crippen molar-refractivity contribution in [2.75, 3.05) is 11.9 Å². The first-order chi connectivity index (χ1) is 21.2. The number of anilines is 1. The third kappa shape index (κ3) is 5.41. The number of hydrogen-bond donors (Lipinski definition) is 1. The van der Waals surface area contributed by atoms with Crippen LogP contribution in [0.2, 0.25) is 10.0 Å². The quantitative estimate of drug-likeness (QED) is 0.181. The Kier molecular flexibility index (Phi) is 7.70. The van der Waals surface area contributed by atoms with Gasteiger partial charge in [0.25, 0.3) is 5.56 Å². The predicted octanol–water partition coefficient (Wildman–Crippen LogP) is 7.84. The highest BCUT2D eigenvalue weighted by Crippen LogP contribution is 2.61. The number of fused-ring (bicyclic) bond motifs is 4. The largest absolute Gasteiger partial charge is 0.338 e. The van der Waals surface area contributed by atoms with Crippen LogP contribution in [0, 0.1) is 23.2 Å². The predicted molar refractivity (Wildman–Crippen MR) is 181 cm³/mol. The minimum atomic E-state index is -0.0639. The lowest BCUT2D eigenvalue weighted by atomic mass is 9.45. The minimum absolute atomic E-state index is 0.0639. The smallest absolute Gasteiger partial charge is 0.261 e. The van der Waals surface area contributed by atoms with Crippen molar-refractivity contribution in [1.29, 1.82) is 0 Å². The van der Waals surface area contributed by atoms with Crippen LogP contribution in [-0.2, 0) is 25.9 Å². The van der Waals surface area contributed by atoms with Crippen LogP contribution in [0.1, 0.15) is 50.3 Å². The molecule has 6 nitrogen and oxygen atoms in total. The molecular weight excluding hydrogens is 589 g/mol. The van der Waals surface area contributed by atoms with E-state index in [1.54, 1.807) is 17.0 Å². The lowest BCUT2D eigenvalue weighted by Gasteiger charge is -2.61. The second-order valence-electron chi connectivity index (χ2n) is 13.5. The number of halogens is 2. The number of guanidine groups is 1. The van der Waals surface area contributed by atoms with Crippen LogP contribution >= 0.6 is 23.2 Å². The van der Waals surface area contributed by atoms with Crippen LogP contribution in [0.5, 0.6) is 0 Å². The Morgan fingerprint density at radius 3 is 2.66 bits per heavy atom. The molecule has 3 saturated carbocycles. The van der Waals surface area contributed by atoms with Gasteiger partial charge in [0, 0.05) is 35.4 Å². The van der Waals surface area contributed by atoms with Crippen molar-refractivity contribution in [3.8, 4) is 0 Å². The molecule has 8 heteroatoms. The van der Waals surface area contributed by atoms with Gasteiger partial charge in [-0.3, -0.25) is 9.36 Å². The monoisotopic (exact) mass is 627 g/mol. The van der Waals surface area contributed by atoms with Gasteiger partial charge in [0.1, 0.15) is 0 Å². The average molecular weight is 629 g/mol. The summed E-state index contributed by atoms with van der Waals surface area (Å²) in [7, 11) is 0. The first kappa shape index (κ1) is 29.4. The highest BCUT2D eigenvalue weighted by Gasteiger charge is 2.56. The fourth-order valence-corrected chi connectivity index (χ4v) is 8.31. The highest BCUT2D eigenvalue weighted by atomic mass is 35.5. The Labute approximate surface area is 269 Å². The number of aryl methyl sites for hydroxylation is 2. The van der Waals surface area contributed by atoms with Crippen molar-refractivity contribution in [2.24, 2.45) is 28.2 Å². The molecule has 4 aromatic rings. The van der Waals surface area contributed by atoms with E-state index in [4.69, 9.17) is 28.2 Å². The van der Waals surface area contributed by atoms with Crippen LogP contribution in [0.15, 0.2) is 76.8 Å². The van der Waals surface area contributed by atoms with Crippen molar-refractivity contribution >= 4 is 45.8 Å². The second-order valence-corrected chi connectivity index (χ2v) is 14.3. The number of benzene rings is 3. The van der Waals surface area contributed by atoms with Gasteiger partial charge in [-0.15, -0.1) is 0 Å². The summed E-state index contributed by atoms with van der Waals surface area (Å²) in [6.07, 6.45) is 5.71. The molecule has 44 heavy (non-hydrogen) atoms. The molecule has 1 aromatic heterocycles.